The summed E-state index contributed by atoms with van der Waals surface area (Å²) >= 11 is 0. The predicted octanol–water partition coefficient (Wildman–Crippen LogP) is 3.03. The van der Waals surface area contributed by atoms with Gasteiger partial charge in [-0.25, -0.2) is 0 Å². The fourth-order valence-electron chi connectivity index (χ4n) is 2.49. The van der Waals surface area contributed by atoms with E-state index >= 15 is 0 Å². The molecule has 2 rings (SSSR count). The zero-order valence-electron chi connectivity index (χ0n) is 12.0. The highest BCUT2D eigenvalue weighted by molar-refractivity contribution is 5.26. The highest BCUT2D eigenvalue weighted by atomic mass is 16.3. The average molecular weight is 269 g/mol. The maximum Gasteiger partial charge on any atom is 0.0624 e. The SMILES string of the molecule is Cc1ccc(C(CN)C(O)CCc2ccccc2)cc1. The standard InChI is InChI=1S/C18H23NO/c1-14-7-10-16(11-8-14)17(13-19)18(20)12-9-15-5-3-2-4-6-15/h2-8,10-11,17-18,20H,9,12-13,19H2,1H3. The molecule has 0 saturated carbocycles. The van der Waals surface area contributed by atoms with Gasteiger partial charge in [0.25, 0.3) is 0 Å². The first kappa shape index (κ1) is 14.8. The second-order valence-electron chi connectivity index (χ2n) is 5.34. The Hall–Kier alpha value is -1.64. The predicted molar refractivity (Wildman–Crippen MR) is 83.7 cm³/mol. The minimum absolute atomic E-state index is 0.0133. The Kier molecular flexibility index (Phi) is 5.33. The van der Waals surface area contributed by atoms with E-state index < -0.39 is 6.10 Å². The van der Waals surface area contributed by atoms with E-state index in [1.807, 2.05) is 18.2 Å². The zero-order chi connectivity index (χ0) is 14.4. The lowest BCUT2D eigenvalue weighted by Gasteiger charge is -2.22. The molecule has 0 amide bonds. The molecule has 0 spiro atoms. The third-order valence-corrected chi connectivity index (χ3v) is 3.80. The number of benzene rings is 2. The molecule has 0 aliphatic carbocycles. The van der Waals surface area contributed by atoms with Crippen molar-refractivity contribution in [3.05, 3.63) is 71.3 Å². The lowest BCUT2D eigenvalue weighted by atomic mass is 9.89. The van der Waals surface area contributed by atoms with Crippen LogP contribution in [0.15, 0.2) is 54.6 Å². The van der Waals surface area contributed by atoms with Gasteiger partial charge in [-0.3, -0.25) is 0 Å². The summed E-state index contributed by atoms with van der Waals surface area (Å²) in [6, 6.07) is 18.5. The summed E-state index contributed by atoms with van der Waals surface area (Å²) < 4.78 is 0. The molecule has 2 heteroatoms. The summed E-state index contributed by atoms with van der Waals surface area (Å²) in [5, 5.41) is 10.4. The van der Waals surface area contributed by atoms with Crippen LogP contribution in [0.3, 0.4) is 0 Å². The summed E-state index contributed by atoms with van der Waals surface area (Å²) in [5.74, 6) is 0.0133. The van der Waals surface area contributed by atoms with Gasteiger partial charge in [0.05, 0.1) is 6.10 Å². The molecule has 0 radical (unpaired) electrons. The summed E-state index contributed by atoms with van der Waals surface area (Å²) in [5.41, 5.74) is 9.46. The molecule has 2 unspecified atom stereocenters. The normalized spacial score (nSPS) is 13.9. The van der Waals surface area contributed by atoms with Crippen molar-refractivity contribution in [1.82, 2.24) is 0 Å². The van der Waals surface area contributed by atoms with Gasteiger partial charge in [0.2, 0.25) is 0 Å². The number of nitrogens with two attached hydrogens (primary N) is 1. The van der Waals surface area contributed by atoms with Crippen molar-refractivity contribution in [3.8, 4) is 0 Å². The van der Waals surface area contributed by atoms with Crippen molar-refractivity contribution in [2.45, 2.75) is 31.8 Å². The summed E-state index contributed by atoms with van der Waals surface area (Å²) in [6.07, 6.45) is 1.22. The van der Waals surface area contributed by atoms with Crippen LogP contribution >= 0.6 is 0 Å². The lowest BCUT2D eigenvalue weighted by Crippen LogP contribution is -2.26. The van der Waals surface area contributed by atoms with Crippen molar-refractivity contribution in [2.75, 3.05) is 6.54 Å². The molecule has 2 aromatic rings. The molecule has 2 atom stereocenters. The quantitative estimate of drug-likeness (QED) is 0.846. The van der Waals surface area contributed by atoms with Gasteiger partial charge < -0.3 is 10.8 Å². The summed E-state index contributed by atoms with van der Waals surface area (Å²) in [7, 11) is 0. The Labute approximate surface area is 121 Å². The van der Waals surface area contributed by atoms with Crippen LogP contribution in [0.5, 0.6) is 0 Å². The molecule has 3 N–H and O–H groups in total. The van der Waals surface area contributed by atoms with Gasteiger partial charge in [0.15, 0.2) is 0 Å². The van der Waals surface area contributed by atoms with Gasteiger partial charge in [0.1, 0.15) is 0 Å². The van der Waals surface area contributed by atoms with E-state index in [2.05, 4.69) is 43.3 Å². The maximum atomic E-state index is 10.4. The largest absolute Gasteiger partial charge is 0.392 e. The molecule has 2 nitrogen and oxygen atoms in total. The average Bonchev–Trinajstić information content (AvgIpc) is 2.49. The smallest absolute Gasteiger partial charge is 0.0624 e. The number of hydrogen-bond donors (Lipinski definition) is 2. The Morgan fingerprint density at radius 2 is 1.65 bits per heavy atom. The monoisotopic (exact) mass is 269 g/mol. The second kappa shape index (κ2) is 7.22. The van der Waals surface area contributed by atoms with E-state index in [4.69, 9.17) is 5.73 Å². The van der Waals surface area contributed by atoms with E-state index in [1.165, 1.54) is 11.1 Å². The van der Waals surface area contributed by atoms with Crippen LogP contribution in [0.1, 0.15) is 29.0 Å². The summed E-state index contributed by atoms with van der Waals surface area (Å²) in [6.45, 7) is 2.53. The van der Waals surface area contributed by atoms with Crippen molar-refractivity contribution < 1.29 is 5.11 Å². The van der Waals surface area contributed by atoms with Gasteiger partial charge >= 0.3 is 0 Å². The maximum absolute atomic E-state index is 10.4. The Balaban J connectivity index is 1.98. The molecule has 20 heavy (non-hydrogen) atoms. The van der Waals surface area contributed by atoms with Crippen LogP contribution in [0.4, 0.5) is 0 Å². The fourth-order valence-corrected chi connectivity index (χ4v) is 2.49. The van der Waals surface area contributed by atoms with E-state index in [9.17, 15) is 5.11 Å². The van der Waals surface area contributed by atoms with Crippen LogP contribution in [0, 0.1) is 6.92 Å². The van der Waals surface area contributed by atoms with E-state index in [1.54, 1.807) is 0 Å². The molecule has 0 saturated heterocycles. The first-order valence-corrected chi connectivity index (χ1v) is 7.19. The van der Waals surface area contributed by atoms with Crippen LogP contribution in [0.25, 0.3) is 0 Å². The molecule has 0 fully saturated rings. The van der Waals surface area contributed by atoms with Gasteiger partial charge in [-0.05, 0) is 30.9 Å². The van der Waals surface area contributed by atoms with Crippen molar-refractivity contribution in [2.24, 2.45) is 5.73 Å². The zero-order valence-corrected chi connectivity index (χ0v) is 12.0. The lowest BCUT2D eigenvalue weighted by molar-refractivity contribution is 0.136. The topological polar surface area (TPSA) is 46.2 Å². The number of rotatable bonds is 6. The van der Waals surface area contributed by atoms with Crippen LogP contribution < -0.4 is 5.73 Å². The number of aliphatic hydroxyl groups is 1. The number of hydrogen-bond acceptors (Lipinski definition) is 2. The molecule has 2 aromatic carbocycles. The van der Waals surface area contributed by atoms with Crippen LogP contribution in [-0.2, 0) is 6.42 Å². The summed E-state index contributed by atoms with van der Waals surface area (Å²) in [4.78, 5) is 0. The molecule has 0 heterocycles. The highest BCUT2D eigenvalue weighted by Crippen LogP contribution is 2.22. The Morgan fingerprint density at radius 1 is 1.00 bits per heavy atom. The minimum Gasteiger partial charge on any atom is -0.392 e. The van der Waals surface area contributed by atoms with Gasteiger partial charge in [0, 0.05) is 12.5 Å². The van der Waals surface area contributed by atoms with Gasteiger partial charge in [-0.2, -0.15) is 0 Å². The van der Waals surface area contributed by atoms with Crippen molar-refractivity contribution in [3.63, 3.8) is 0 Å². The third kappa shape index (κ3) is 3.92. The van der Waals surface area contributed by atoms with E-state index in [0.717, 1.165) is 18.4 Å². The van der Waals surface area contributed by atoms with E-state index in [-0.39, 0.29) is 5.92 Å². The molecule has 0 aliphatic rings. The van der Waals surface area contributed by atoms with Gasteiger partial charge in [-0.15, -0.1) is 0 Å². The van der Waals surface area contributed by atoms with Crippen molar-refractivity contribution >= 4 is 0 Å². The first-order chi connectivity index (χ1) is 9.70. The molecule has 0 aliphatic heterocycles. The van der Waals surface area contributed by atoms with Crippen LogP contribution in [0.2, 0.25) is 0 Å². The minimum atomic E-state index is -0.400. The third-order valence-electron chi connectivity index (χ3n) is 3.80. The molecule has 0 aromatic heterocycles. The first-order valence-electron chi connectivity index (χ1n) is 7.19. The van der Waals surface area contributed by atoms with Gasteiger partial charge in [-0.1, -0.05) is 60.2 Å². The van der Waals surface area contributed by atoms with Crippen LogP contribution in [-0.4, -0.2) is 17.8 Å². The fraction of sp³-hybridized carbons (Fsp3) is 0.333. The van der Waals surface area contributed by atoms with E-state index in [0.29, 0.717) is 6.54 Å². The Bertz CT molecular complexity index is 507. The van der Waals surface area contributed by atoms with Crippen molar-refractivity contribution in [1.29, 1.82) is 0 Å². The molecule has 0 bridgehead atoms. The number of aliphatic hydroxyl groups excluding tert-OH is 1. The highest BCUT2D eigenvalue weighted by Gasteiger charge is 2.19. The second-order valence-corrected chi connectivity index (χ2v) is 5.34. The molecular formula is C18H23NO. The molecular weight excluding hydrogens is 246 g/mol. The Morgan fingerprint density at radius 3 is 2.25 bits per heavy atom. The molecule has 106 valence electrons. The number of aryl methyl sites for hydroxylation is 2.